The molecule has 0 aliphatic rings. The molecule has 1 atom stereocenters. The molecule has 0 spiro atoms. The number of rotatable bonds is 6. The zero-order chi connectivity index (χ0) is 24.5. The molecule has 0 heterocycles. The number of hydrogen-bond donors (Lipinski definition) is 0. The van der Waals surface area contributed by atoms with Crippen LogP contribution in [-0.2, 0) is 11.7 Å². The van der Waals surface area contributed by atoms with E-state index >= 15 is 0 Å². The van der Waals surface area contributed by atoms with E-state index < -0.39 is 40.0 Å². The van der Waals surface area contributed by atoms with Gasteiger partial charge in [0.15, 0.2) is 23.3 Å². The van der Waals surface area contributed by atoms with Crippen LogP contribution in [0.5, 0.6) is 0 Å². The predicted octanol–water partition coefficient (Wildman–Crippen LogP) is 7.19. The van der Waals surface area contributed by atoms with Crippen molar-refractivity contribution in [2.24, 2.45) is 0 Å². The molecular formula is C28H20BF5. The predicted molar refractivity (Wildman–Crippen MR) is 123 cm³/mol. The quantitative estimate of drug-likeness (QED) is 0.0936. The summed E-state index contributed by atoms with van der Waals surface area (Å²) in [5.74, 6) is -10.2. The highest BCUT2D eigenvalue weighted by molar-refractivity contribution is 6.15. The van der Waals surface area contributed by atoms with Crippen LogP contribution < -0.4 is 0 Å². The lowest BCUT2D eigenvalue weighted by Gasteiger charge is -2.28. The van der Waals surface area contributed by atoms with E-state index in [4.69, 9.17) is 7.85 Å². The van der Waals surface area contributed by atoms with Crippen LogP contribution in [0.15, 0.2) is 84.9 Å². The van der Waals surface area contributed by atoms with Crippen molar-refractivity contribution in [1.82, 2.24) is 0 Å². The molecule has 0 aromatic heterocycles. The standard InChI is InChI=1S/C28H20BF5/c1-28(29,22-23(30)25(32)27(34)26(33)24(22)31)16-17-9-8-14-20(15-17)21(18-10-4-2-5-11-18)19-12-6-3-7-13-19/h2-15,21H,16H2,1H3. The van der Waals surface area contributed by atoms with Gasteiger partial charge < -0.3 is 0 Å². The van der Waals surface area contributed by atoms with Crippen molar-refractivity contribution in [2.45, 2.75) is 24.6 Å². The smallest absolute Gasteiger partial charge is 0.200 e. The van der Waals surface area contributed by atoms with Crippen molar-refractivity contribution in [3.05, 3.63) is 142 Å². The Labute approximate surface area is 196 Å². The summed E-state index contributed by atoms with van der Waals surface area (Å²) in [5, 5.41) is -1.85. The van der Waals surface area contributed by atoms with Gasteiger partial charge >= 0.3 is 0 Å². The molecular weight excluding hydrogens is 442 g/mol. The van der Waals surface area contributed by atoms with Gasteiger partial charge in [0.1, 0.15) is 0 Å². The second-order valence-electron chi connectivity index (χ2n) is 8.54. The average molecular weight is 462 g/mol. The Morgan fingerprint density at radius 3 is 1.56 bits per heavy atom. The zero-order valence-electron chi connectivity index (χ0n) is 18.3. The van der Waals surface area contributed by atoms with E-state index in [2.05, 4.69) is 0 Å². The molecule has 0 nitrogen and oxygen atoms in total. The first-order valence-corrected chi connectivity index (χ1v) is 10.7. The van der Waals surface area contributed by atoms with Gasteiger partial charge in [-0.2, -0.15) is 0 Å². The third-order valence-electron chi connectivity index (χ3n) is 5.90. The van der Waals surface area contributed by atoms with Crippen LogP contribution in [-0.4, -0.2) is 7.85 Å². The SMILES string of the molecule is [B]C(C)(Cc1cccc(C(c2ccccc2)c2ccccc2)c1)c1c(F)c(F)c(F)c(F)c1F. The number of benzene rings is 4. The van der Waals surface area contributed by atoms with Gasteiger partial charge in [0.2, 0.25) is 5.82 Å². The van der Waals surface area contributed by atoms with Crippen LogP contribution in [0.1, 0.15) is 40.7 Å². The Hall–Kier alpha value is -3.41. The molecule has 0 bridgehead atoms. The van der Waals surface area contributed by atoms with Crippen molar-refractivity contribution in [3.8, 4) is 0 Å². The first-order valence-electron chi connectivity index (χ1n) is 10.7. The minimum absolute atomic E-state index is 0.124. The summed E-state index contributed by atoms with van der Waals surface area (Å²) < 4.78 is 70.0. The monoisotopic (exact) mass is 462 g/mol. The highest BCUT2D eigenvalue weighted by Crippen LogP contribution is 2.36. The van der Waals surface area contributed by atoms with Gasteiger partial charge in [-0.05, 0) is 34.0 Å². The summed E-state index contributed by atoms with van der Waals surface area (Å²) >= 11 is 0. The molecule has 1 unspecified atom stereocenters. The molecule has 4 aromatic carbocycles. The molecule has 4 rings (SSSR count). The number of hydrogen-bond acceptors (Lipinski definition) is 0. The molecule has 0 saturated heterocycles. The van der Waals surface area contributed by atoms with Crippen LogP contribution in [0.3, 0.4) is 0 Å². The molecule has 6 heteroatoms. The molecule has 0 amide bonds. The minimum Gasteiger partial charge on any atom is -0.203 e. The van der Waals surface area contributed by atoms with E-state index in [1.54, 1.807) is 12.1 Å². The summed E-state index contributed by atoms with van der Waals surface area (Å²) in [4.78, 5) is 0. The Kier molecular flexibility index (Phi) is 6.60. The molecule has 0 fully saturated rings. The molecule has 2 radical (unpaired) electrons. The van der Waals surface area contributed by atoms with E-state index in [0.717, 1.165) is 16.7 Å². The first kappa shape index (κ1) is 23.7. The van der Waals surface area contributed by atoms with E-state index in [9.17, 15) is 22.0 Å². The largest absolute Gasteiger partial charge is 0.203 e. The van der Waals surface area contributed by atoms with E-state index in [1.807, 2.05) is 72.8 Å². The summed E-state index contributed by atoms with van der Waals surface area (Å²) in [7, 11) is 6.17. The van der Waals surface area contributed by atoms with Crippen molar-refractivity contribution in [1.29, 1.82) is 0 Å². The van der Waals surface area contributed by atoms with Crippen molar-refractivity contribution in [3.63, 3.8) is 0 Å². The van der Waals surface area contributed by atoms with Gasteiger partial charge in [-0.25, -0.2) is 22.0 Å². The van der Waals surface area contributed by atoms with Crippen LogP contribution in [0, 0.1) is 29.1 Å². The maximum atomic E-state index is 14.5. The average Bonchev–Trinajstić information content (AvgIpc) is 2.83. The zero-order valence-corrected chi connectivity index (χ0v) is 18.3. The van der Waals surface area contributed by atoms with Crippen molar-refractivity contribution >= 4 is 7.85 Å². The van der Waals surface area contributed by atoms with E-state index in [0.29, 0.717) is 5.56 Å². The Morgan fingerprint density at radius 2 is 1.06 bits per heavy atom. The lowest BCUT2D eigenvalue weighted by atomic mass is 9.62. The second kappa shape index (κ2) is 9.45. The van der Waals surface area contributed by atoms with E-state index in [1.165, 1.54) is 6.92 Å². The fourth-order valence-electron chi connectivity index (χ4n) is 4.37. The summed E-state index contributed by atoms with van der Waals surface area (Å²) in [6, 6.07) is 26.9. The maximum Gasteiger partial charge on any atom is 0.200 e. The Morgan fingerprint density at radius 1 is 0.618 bits per heavy atom. The van der Waals surface area contributed by atoms with Crippen LogP contribution >= 0.6 is 0 Å². The highest BCUT2D eigenvalue weighted by atomic mass is 19.2. The third-order valence-corrected chi connectivity index (χ3v) is 5.90. The summed E-state index contributed by atoms with van der Waals surface area (Å²) in [6.45, 7) is 1.25. The van der Waals surface area contributed by atoms with Gasteiger partial charge in [-0.15, -0.1) is 0 Å². The van der Waals surface area contributed by atoms with Gasteiger partial charge in [0.05, 0.1) is 7.85 Å². The normalized spacial score (nSPS) is 13.1. The maximum absolute atomic E-state index is 14.5. The Bertz CT molecular complexity index is 1230. The molecule has 4 aromatic rings. The Balaban J connectivity index is 1.76. The molecule has 0 saturated carbocycles. The highest BCUT2D eigenvalue weighted by Gasteiger charge is 2.34. The van der Waals surface area contributed by atoms with Crippen LogP contribution in [0.25, 0.3) is 0 Å². The molecule has 0 aliphatic carbocycles. The lowest BCUT2D eigenvalue weighted by Crippen LogP contribution is -2.30. The summed E-state index contributed by atoms with van der Waals surface area (Å²) in [5.41, 5.74) is 2.56. The first-order chi connectivity index (χ1) is 16.2. The second-order valence-corrected chi connectivity index (χ2v) is 8.54. The summed E-state index contributed by atoms with van der Waals surface area (Å²) in [6.07, 6.45) is -0.143. The number of halogens is 5. The van der Waals surface area contributed by atoms with Crippen LogP contribution in [0.4, 0.5) is 22.0 Å². The fourth-order valence-corrected chi connectivity index (χ4v) is 4.37. The molecule has 34 heavy (non-hydrogen) atoms. The lowest BCUT2D eigenvalue weighted by molar-refractivity contribution is 0.360. The topological polar surface area (TPSA) is 0 Å². The van der Waals surface area contributed by atoms with Gasteiger partial charge in [-0.1, -0.05) is 91.9 Å². The van der Waals surface area contributed by atoms with Crippen LogP contribution in [0.2, 0.25) is 0 Å². The molecule has 0 N–H and O–H groups in total. The van der Waals surface area contributed by atoms with Crippen molar-refractivity contribution in [2.75, 3.05) is 0 Å². The third kappa shape index (κ3) is 4.50. The molecule has 170 valence electrons. The van der Waals surface area contributed by atoms with Crippen molar-refractivity contribution < 1.29 is 22.0 Å². The molecule has 0 aliphatic heterocycles. The van der Waals surface area contributed by atoms with Gasteiger partial charge in [0.25, 0.3) is 0 Å². The van der Waals surface area contributed by atoms with Gasteiger partial charge in [0, 0.05) is 11.5 Å². The van der Waals surface area contributed by atoms with E-state index in [-0.39, 0.29) is 12.3 Å². The fraction of sp³-hybridized carbons (Fsp3) is 0.143. The van der Waals surface area contributed by atoms with Gasteiger partial charge in [-0.3, -0.25) is 0 Å². The minimum atomic E-state index is -2.20.